The summed E-state index contributed by atoms with van der Waals surface area (Å²) in [5, 5.41) is 20.6. The highest BCUT2D eigenvalue weighted by molar-refractivity contribution is 5.85. The zero-order valence-corrected chi connectivity index (χ0v) is 5.90. The van der Waals surface area contributed by atoms with Crippen LogP contribution >= 0.6 is 12.4 Å². The van der Waals surface area contributed by atoms with E-state index in [1.54, 1.807) is 0 Å². The highest BCUT2D eigenvalue weighted by Gasteiger charge is 2.16. The van der Waals surface area contributed by atoms with Gasteiger partial charge in [0.05, 0.1) is 12.2 Å². The van der Waals surface area contributed by atoms with Gasteiger partial charge in [-0.15, -0.1) is 12.4 Å². The van der Waals surface area contributed by atoms with Crippen molar-refractivity contribution >= 4 is 12.4 Å². The van der Waals surface area contributed by atoms with Gasteiger partial charge in [0, 0.05) is 19.5 Å². The van der Waals surface area contributed by atoms with Crippen LogP contribution in [-0.2, 0) is 0 Å². The zero-order valence-electron chi connectivity index (χ0n) is 5.08. The predicted molar refractivity (Wildman–Crippen MR) is 36.7 cm³/mol. The summed E-state index contributed by atoms with van der Waals surface area (Å²) in [6, 6.07) is 0. The summed E-state index contributed by atoms with van der Waals surface area (Å²) in [6.45, 7) is 1.24. The molecule has 2 atom stereocenters. The van der Waals surface area contributed by atoms with E-state index in [4.69, 9.17) is 10.2 Å². The van der Waals surface area contributed by atoms with Crippen LogP contribution in [0.1, 0.15) is 6.42 Å². The molecule has 1 heterocycles. The summed E-state index contributed by atoms with van der Waals surface area (Å²) in [5.41, 5.74) is 0. The van der Waals surface area contributed by atoms with Gasteiger partial charge in [-0.3, -0.25) is 0 Å². The van der Waals surface area contributed by atoms with Crippen LogP contribution in [0.15, 0.2) is 0 Å². The number of β-amino-alcohol motifs (C(OH)–C–C–N with tert-alkyl or cyclic N) is 2. The van der Waals surface area contributed by atoms with Crippen molar-refractivity contribution in [2.75, 3.05) is 13.1 Å². The van der Waals surface area contributed by atoms with Crippen molar-refractivity contribution < 1.29 is 10.2 Å². The first-order valence-corrected chi connectivity index (χ1v) is 2.86. The van der Waals surface area contributed by atoms with Gasteiger partial charge in [-0.05, 0) is 0 Å². The van der Waals surface area contributed by atoms with Gasteiger partial charge in [0.2, 0.25) is 0 Å². The maximum Gasteiger partial charge on any atom is 0.0689 e. The second kappa shape index (κ2) is 4.06. The molecular weight excluding hydrogens is 142 g/mol. The van der Waals surface area contributed by atoms with Crippen LogP contribution in [0.4, 0.5) is 0 Å². The topological polar surface area (TPSA) is 52.5 Å². The summed E-state index contributed by atoms with van der Waals surface area (Å²) in [4.78, 5) is 0. The number of hydrogen-bond acceptors (Lipinski definition) is 3. The predicted octanol–water partition coefficient (Wildman–Crippen LogP) is -0.877. The zero-order chi connectivity index (χ0) is 5.98. The van der Waals surface area contributed by atoms with Crippen LogP contribution < -0.4 is 5.32 Å². The fraction of sp³-hybridized carbons (Fsp3) is 1.00. The lowest BCUT2D eigenvalue weighted by Gasteiger charge is -2.22. The van der Waals surface area contributed by atoms with Gasteiger partial charge in [-0.1, -0.05) is 0 Å². The number of hydrogen-bond donors (Lipinski definition) is 3. The molecule has 1 aliphatic heterocycles. The van der Waals surface area contributed by atoms with E-state index in [2.05, 4.69) is 5.32 Å². The van der Waals surface area contributed by atoms with Crippen molar-refractivity contribution in [1.82, 2.24) is 5.32 Å². The maximum absolute atomic E-state index is 8.86. The molecular formula is C5H12ClNO2. The molecule has 0 saturated carbocycles. The van der Waals surface area contributed by atoms with Crippen LogP contribution in [0.5, 0.6) is 0 Å². The molecule has 56 valence electrons. The van der Waals surface area contributed by atoms with Crippen molar-refractivity contribution in [2.24, 2.45) is 0 Å². The normalized spacial score (nSPS) is 35.3. The maximum atomic E-state index is 8.86. The Hall–Kier alpha value is 0.170. The number of halogens is 1. The standard InChI is InChI=1S/C5H11NO2.ClH/c7-4-1-5(8)3-6-2-4;/h4-8H,1-3H2;1H/t4-,5?;/m0./s1. The third kappa shape index (κ3) is 3.01. The Balaban J connectivity index is 0.000000640. The molecule has 0 spiro atoms. The van der Waals surface area contributed by atoms with Crippen molar-refractivity contribution in [1.29, 1.82) is 0 Å². The van der Waals surface area contributed by atoms with Crippen molar-refractivity contribution in [3.05, 3.63) is 0 Å². The van der Waals surface area contributed by atoms with Gasteiger partial charge >= 0.3 is 0 Å². The smallest absolute Gasteiger partial charge is 0.0689 e. The summed E-state index contributed by atoms with van der Waals surface area (Å²) < 4.78 is 0. The molecule has 9 heavy (non-hydrogen) atoms. The summed E-state index contributed by atoms with van der Waals surface area (Å²) in [7, 11) is 0. The number of piperidine rings is 1. The SMILES string of the molecule is Cl.OC1CNC[C@@H](O)C1. The van der Waals surface area contributed by atoms with Gasteiger partial charge in [0.1, 0.15) is 0 Å². The molecule has 0 aromatic rings. The molecule has 0 aromatic carbocycles. The number of aliphatic hydroxyl groups excluding tert-OH is 2. The second-order valence-corrected chi connectivity index (χ2v) is 2.20. The van der Waals surface area contributed by atoms with E-state index < -0.39 is 0 Å². The molecule has 4 heteroatoms. The quantitative estimate of drug-likeness (QED) is 0.424. The Morgan fingerprint density at radius 3 is 1.78 bits per heavy atom. The Labute approximate surface area is 60.5 Å². The highest BCUT2D eigenvalue weighted by atomic mass is 35.5. The third-order valence-corrected chi connectivity index (χ3v) is 1.30. The molecule has 0 amide bonds. The van der Waals surface area contributed by atoms with Gasteiger partial charge < -0.3 is 15.5 Å². The van der Waals surface area contributed by atoms with Gasteiger partial charge in [-0.25, -0.2) is 0 Å². The molecule has 0 radical (unpaired) electrons. The third-order valence-electron chi connectivity index (χ3n) is 1.30. The van der Waals surface area contributed by atoms with Gasteiger partial charge in [0.25, 0.3) is 0 Å². The van der Waals surface area contributed by atoms with E-state index in [1.807, 2.05) is 0 Å². The average Bonchev–Trinajstić information content (AvgIpc) is 1.64. The number of rotatable bonds is 0. The van der Waals surface area contributed by atoms with Crippen LogP contribution in [0, 0.1) is 0 Å². The summed E-state index contributed by atoms with van der Waals surface area (Å²) >= 11 is 0. The number of aliphatic hydroxyl groups is 2. The lowest BCUT2D eigenvalue weighted by molar-refractivity contribution is 0.0529. The molecule has 1 unspecified atom stereocenters. The largest absolute Gasteiger partial charge is 0.392 e. The van der Waals surface area contributed by atoms with E-state index in [-0.39, 0.29) is 24.6 Å². The Morgan fingerprint density at radius 1 is 1.11 bits per heavy atom. The number of nitrogens with one attached hydrogen (secondary N) is 1. The fourth-order valence-electron chi connectivity index (χ4n) is 0.897. The van der Waals surface area contributed by atoms with Crippen molar-refractivity contribution in [3.63, 3.8) is 0 Å². The fourth-order valence-corrected chi connectivity index (χ4v) is 0.897. The minimum atomic E-state index is -0.348. The molecule has 1 rings (SSSR count). The molecule has 0 aromatic heterocycles. The summed E-state index contributed by atoms with van der Waals surface area (Å²) in [6.07, 6.45) is -0.176. The Morgan fingerprint density at radius 2 is 1.56 bits per heavy atom. The molecule has 3 N–H and O–H groups in total. The molecule has 1 saturated heterocycles. The minimum absolute atomic E-state index is 0. The van der Waals surface area contributed by atoms with Crippen LogP contribution in [0.3, 0.4) is 0 Å². The van der Waals surface area contributed by atoms with E-state index >= 15 is 0 Å². The average molecular weight is 154 g/mol. The first-order chi connectivity index (χ1) is 3.79. The molecule has 1 fully saturated rings. The van der Waals surface area contributed by atoms with Crippen LogP contribution in [-0.4, -0.2) is 35.5 Å². The molecule has 3 nitrogen and oxygen atoms in total. The van der Waals surface area contributed by atoms with Crippen molar-refractivity contribution in [2.45, 2.75) is 18.6 Å². The first kappa shape index (κ1) is 9.17. The van der Waals surface area contributed by atoms with E-state index in [0.717, 1.165) is 0 Å². The van der Waals surface area contributed by atoms with E-state index in [1.165, 1.54) is 0 Å². The van der Waals surface area contributed by atoms with Crippen LogP contribution in [0.25, 0.3) is 0 Å². The van der Waals surface area contributed by atoms with E-state index in [9.17, 15) is 0 Å². The lowest BCUT2D eigenvalue weighted by Crippen LogP contribution is -2.42. The molecule has 0 aliphatic carbocycles. The first-order valence-electron chi connectivity index (χ1n) is 2.86. The van der Waals surface area contributed by atoms with E-state index in [0.29, 0.717) is 19.5 Å². The monoisotopic (exact) mass is 153 g/mol. The highest BCUT2D eigenvalue weighted by Crippen LogP contribution is 2.00. The molecule has 1 aliphatic rings. The Kier molecular flexibility index (Phi) is 4.14. The minimum Gasteiger partial charge on any atom is -0.392 e. The Bertz CT molecular complexity index is 73.4. The molecule has 0 bridgehead atoms. The lowest BCUT2D eigenvalue weighted by atomic mass is 10.1. The van der Waals surface area contributed by atoms with Crippen molar-refractivity contribution in [3.8, 4) is 0 Å². The van der Waals surface area contributed by atoms with Gasteiger partial charge in [-0.2, -0.15) is 0 Å². The summed E-state index contributed by atoms with van der Waals surface area (Å²) in [5.74, 6) is 0. The van der Waals surface area contributed by atoms with Gasteiger partial charge in [0.15, 0.2) is 0 Å². The van der Waals surface area contributed by atoms with Crippen LogP contribution in [0.2, 0.25) is 0 Å². The second-order valence-electron chi connectivity index (χ2n) is 2.20.